The summed E-state index contributed by atoms with van der Waals surface area (Å²) in [6.07, 6.45) is 8.32. The van der Waals surface area contributed by atoms with E-state index in [4.69, 9.17) is 0 Å². The maximum absolute atomic E-state index is 11.6. The first kappa shape index (κ1) is 12.7. The summed E-state index contributed by atoms with van der Waals surface area (Å²) in [5.74, 6) is 0.331. The fraction of sp³-hybridized carbons (Fsp3) is 0.714. The molecule has 1 aromatic heterocycles. The van der Waals surface area contributed by atoms with Crippen molar-refractivity contribution in [3.05, 3.63) is 18.0 Å². The van der Waals surface area contributed by atoms with Gasteiger partial charge in [0, 0.05) is 50.9 Å². The van der Waals surface area contributed by atoms with E-state index in [0.717, 1.165) is 39.0 Å². The maximum atomic E-state index is 11.6. The van der Waals surface area contributed by atoms with Gasteiger partial charge in [0.05, 0.1) is 6.20 Å². The highest BCUT2D eigenvalue weighted by atomic mass is 16.2. The number of aryl methyl sites for hydroxylation is 1. The van der Waals surface area contributed by atoms with E-state index in [1.54, 1.807) is 0 Å². The van der Waals surface area contributed by atoms with Crippen LogP contribution in [0.4, 0.5) is 0 Å². The molecule has 0 radical (unpaired) electrons. The van der Waals surface area contributed by atoms with Crippen LogP contribution in [0.2, 0.25) is 0 Å². The number of amides is 1. The minimum atomic E-state index is 0.331. The molecule has 5 heteroatoms. The third-order valence-corrected chi connectivity index (χ3v) is 4.30. The highest BCUT2D eigenvalue weighted by Crippen LogP contribution is 2.31. The minimum Gasteiger partial charge on any atom is -0.341 e. The predicted octanol–water partition coefficient (Wildman–Crippen LogP) is 1.18. The molecule has 5 nitrogen and oxygen atoms in total. The van der Waals surface area contributed by atoms with Crippen molar-refractivity contribution in [2.75, 3.05) is 26.2 Å². The van der Waals surface area contributed by atoms with Crippen LogP contribution in [0.3, 0.4) is 0 Å². The van der Waals surface area contributed by atoms with E-state index >= 15 is 0 Å². The van der Waals surface area contributed by atoms with Gasteiger partial charge in [-0.15, -0.1) is 0 Å². The molecule has 2 saturated heterocycles. The van der Waals surface area contributed by atoms with Gasteiger partial charge in [-0.05, 0) is 25.8 Å². The third-order valence-electron chi connectivity index (χ3n) is 4.30. The first-order valence-corrected chi connectivity index (χ1v) is 7.24. The molecule has 104 valence electrons. The van der Waals surface area contributed by atoms with Gasteiger partial charge >= 0.3 is 0 Å². The van der Waals surface area contributed by atoms with Crippen molar-refractivity contribution in [1.82, 2.24) is 19.6 Å². The van der Waals surface area contributed by atoms with E-state index < -0.39 is 0 Å². The molecule has 0 bridgehead atoms. The quantitative estimate of drug-likeness (QED) is 0.818. The Labute approximate surface area is 114 Å². The van der Waals surface area contributed by atoms with Crippen molar-refractivity contribution in [2.45, 2.75) is 31.7 Å². The average Bonchev–Trinajstić information content (AvgIpc) is 3.07. The lowest BCUT2D eigenvalue weighted by atomic mass is 10.1. The first-order chi connectivity index (χ1) is 9.24. The van der Waals surface area contributed by atoms with Crippen molar-refractivity contribution in [3.8, 4) is 0 Å². The lowest BCUT2D eigenvalue weighted by Gasteiger charge is -2.26. The molecule has 1 amide bonds. The Morgan fingerprint density at radius 1 is 1.32 bits per heavy atom. The molecule has 1 atom stereocenters. The SMILES string of the molecule is Cn1cc([C@H]2CCCN2CCN2CCCC2=O)cn1. The second-order valence-corrected chi connectivity index (χ2v) is 5.63. The summed E-state index contributed by atoms with van der Waals surface area (Å²) in [5, 5.41) is 4.27. The minimum absolute atomic E-state index is 0.331. The van der Waals surface area contributed by atoms with E-state index in [-0.39, 0.29) is 0 Å². The zero-order valence-electron chi connectivity index (χ0n) is 11.6. The molecule has 2 aliphatic rings. The Bertz CT molecular complexity index is 456. The summed E-state index contributed by atoms with van der Waals surface area (Å²) >= 11 is 0. The molecule has 3 rings (SSSR count). The molecule has 0 aliphatic carbocycles. The molecule has 2 fully saturated rings. The lowest BCUT2D eigenvalue weighted by Crippen LogP contribution is -2.35. The number of nitrogens with zero attached hydrogens (tertiary/aromatic N) is 4. The zero-order valence-corrected chi connectivity index (χ0v) is 11.6. The summed E-state index contributed by atoms with van der Waals surface area (Å²) in [6.45, 7) is 3.97. The first-order valence-electron chi connectivity index (χ1n) is 7.24. The third kappa shape index (κ3) is 2.66. The zero-order chi connectivity index (χ0) is 13.2. The molecule has 19 heavy (non-hydrogen) atoms. The molecule has 0 aromatic carbocycles. The highest BCUT2D eigenvalue weighted by Gasteiger charge is 2.28. The summed E-state index contributed by atoms with van der Waals surface area (Å²) < 4.78 is 1.87. The largest absolute Gasteiger partial charge is 0.341 e. The smallest absolute Gasteiger partial charge is 0.222 e. The maximum Gasteiger partial charge on any atom is 0.222 e. The number of carbonyl (C=O) groups is 1. The second kappa shape index (κ2) is 5.33. The number of aromatic nitrogens is 2. The summed E-state index contributed by atoms with van der Waals surface area (Å²) in [4.78, 5) is 16.1. The molecular weight excluding hydrogens is 240 g/mol. The van der Waals surface area contributed by atoms with Gasteiger partial charge in [0.15, 0.2) is 0 Å². The lowest BCUT2D eigenvalue weighted by molar-refractivity contribution is -0.127. The Hall–Kier alpha value is -1.36. The van der Waals surface area contributed by atoms with Crippen LogP contribution in [0.1, 0.15) is 37.3 Å². The molecule has 0 spiro atoms. The Balaban J connectivity index is 1.59. The Morgan fingerprint density at radius 2 is 2.21 bits per heavy atom. The molecule has 2 aliphatic heterocycles. The van der Waals surface area contributed by atoms with Crippen molar-refractivity contribution in [1.29, 1.82) is 0 Å². The van der Waals surface area contributed by atoms with E-state index in [1.807, 2.05) is 22.8 Å². The van der Waals surface area contributed by atoms with Crippen LogP contribution in [0.5, 0.6) is 0 Å². The van der Waals surface area contributed by atoms with Gasteiger partial charge in [-0.3, -0.25) is 14.4 Å². The van der Waals surface area contributed by atoms with Gasteiger partial charge in [-0.25, -0.2) is 0 Å². The predicted molar refractivity (Wildman–Crippen MR) is 72.6 cm³/mol. The number of hydrogen-bond acceptors (Lipinski definition) is 3. The van der Waals surface area contributed by atoms with E-state index in [9.17, 15) is 4.79 Å². The van der Waals surface area contributed by atoms with Gasteiger partial charge in [0.25, 0.3) is 0 Å². The van der Waals surface area contributed by atoms with Gasteiger partial charge < -0.3 is 4.90 Å². The van der Waals surface area contributed by atoms with Crippen LogP contribution in [0, 0.1) is 0 Å². The van der Waals surface area contributed by atoms with Crippen molar-refractivity contribution in [3.63, 3.8) is 0 Å². The van der Waals surface area contributed by atoms with Crippen LogP contribution in [0.15, 0.2) is 12.4 Å². The van der Waals surface area contributed by atoms with Crippen LogP contribution >= 0.6 is 0 Å². The number of carbonyl (C=O) groups excluding carboxylic acids is 1. The summed E-state index contributed by atoms with van der Waals surface area (Å²) in [6, 6.07) is 0.492. The number of hydrogen-bond donors (Lipinski definition) is 0. The van der Waals surface area contributed by atoms with Gasteiger partial charge in [-0.1, -0.05) is 0 Å². The highest BCUT2D eigenvalue weighted by molar-refractivity contribution is 5.78. The van der Waals surface area contributed by atoms with Gasteiger partial charge in [0.1, 0.15) is 0 Å². The molecule has 3 heterocycles. The molecule has 1 aromatic rings. The molecule has 0 unspecified atom stereocenters. The summed E-state index contributed by atoms with van der Waals surface area (Å²) in [5.41, 5.74) is 1.31. The molecular formula is C14H22N4O. The van der Waals surface area contributed by atoms with Crippen molar-refractivity contribution >= 4 is 5.91 Å². The Morgan fingerprint density at radius 3 is 2.89 bits per heavy atom. The van der Waals surface area contributed by atoms with Crippen molar-refractivity contribution in [2.24, 2.45) is 7.05 Å². The van der Waals surface area contributed by atoms with Crippen LogP contribution in [0.25, 0.3) is 0 Å². The topological polar surface area (TPSA) is 41.4 Å². The fourth-order valence-corrected chi connectivity index (χ4v) is 3.27. The van der Waals surface area contributed by atoms with E-state index in [1.165, 1.54) is 18.4 Å². The van der Waals surface area contributed by atoms with Crippen molar-refractivity contribution < 1.29 is 4.79 Å². The second-order valence-electron chi connectivity index (χ2n) is 5.63. The summed E-state index contributed by atoms with van der Waals surface area (Å²) in [7, 11) is 1.96. The van der Waals surface area contributed by atoms with E-state index in [2.05, 4.69) is 16.2 Å². The number of rotatable bonds is 4. The van der Waals surface area contributed by atoms with E-state index in [0.29, 0.717) is 11.9 Å². The van der Waals surface area contributed by atoms with Crippen LogP contribution < -0.4 is 0 Å². The number of likely N-dealkylation sites (tertiary alicyclic amines) is 2. The van der Waals surface area contributed by atoms with Gasteiger partial charge in [-0.2, -0.15) is 5.10 Å². The normalized spacial score (nSPS) is 24.6. The van der Waals surface area contributed by atoms with Crippen LogP contribution in [-0.2, 0) is 11.8 Å². The monoisotopic (exact) mass is 262 g/mol. The fourth-order valence-electron chi connectivity index (χ4n) is 3.27. The molecule has 0 saturated carbocycles. The van der Waals surface area contributed by atoms with Gasteiger partial charge in [0.2, 0.25) is 5.91 Å². The molecule has 0 N–H and O–H groups in total. The average molecular weight is 262 g/mol. The van der Waals surface area contributed by atoms with Crippen LogP contribution in [-0.4, -0.2) is 51.7 Å². The standard InChI is InChI=1S/C14H22N4O/c1-16-11-12(10-15-16)13-4-2-6-17(13)8-9-18-7-3-5-14(18)19/h10-11,13H,2-9H2,1H3/t13-/m1/s1. The Kier molecular flexibility index (Phi) is 3.55.